The van der Waals surface area contributed by atoms with E-state index in [4.69, 9.17) is 4.74 Å². The fourth-order valence-corrected chi connectivity index (χ4v) is 1.30. The fraction of sp³-hybridized carbons (Fsp3) is 0.500. The topological polar surface area (TPSA) is 41.5 Å². The molecule has 0 aliphatic carbocycles. The predicted octanol–water partition coefficient (Wildman–Crippen LogP) is 2.04. The molecule has 0 heterocycles. The van der Waals surface area contributed by atoms with Crippen molar-refractivity contribution < 1.29 is 9.84 Å². The Balaban J connectivity index is 2.64. The monoisotopic (exact) mass is 209 g/mol. The first kappa shape index (κ1) is 12.0. The summed E-state index contributed by atoms with van der Waals surface area (Å²) < 4.78 is 5.46. The molecule has 0 amide bonds. The first-order valence-electron chi connectivity index (χ1n) is 5.20. The maximum Gasteiger partial charge on any atom is 0.120 e. The van der Waals surface area contributed by atoms with E-state index in [1.54, 1.807) is 6.07 Å². The van der Waals surface area contributed by atoms with E-state index in [1.807, 2.05) is 33.0 Å². The lowest BCUT2D eigenvalue weighted by molar-refractivity contribution is 0.0656. The zero-order chi connectivity index (χ0) is 11.3. The summed E-state index contributed by atoms with van der Waals surface area (Å²) in [5, 5.41) is 12.7. The SMILES string of the molecule is CNCc1ccc(COC(C)C)cc1O. The van der Waals surface area contributed by atoms with Gasteiger partial charge in [-0.15, -0.1) is 0 Å². The normalized spacial score (nSPS) is 10.9. The van der Waals surface area contributed by atoms with Crippen molar-refractivity contribution in [1.29, 1.82) is 0 Å². The summed E-state index contributed by atoms with van der Waals surface area (Å²) in [5.41, 5.74) is 1.91. The van der Waals surface area contributed by atoms with Crippen LogP contribution in [0.25, 0.3) is 0 Å². The molecule has 0 spiro atoms. The highest BCUT2D eigenvalue weighted by atomic mass is 16.5. The van der Waals surface area contributed by atoms with Gasteiger partial charge in [0.1, 0.15) is 5.75 Å². The summed E-state index contributed by atoms with van der Waals surface area (Å²) in [6.07, 6.45) is 0.212. The Bertz CT molecular complexity index is 310. The maximum atomic E-state index is 9.69. The Labute approximate surface area is 91.1 Å². The maximum absolute atomic E-state index is 9.69. The van der Waals surface area contributed by atoms with Gasteiger partial charge >= 0.3 is 0 Å². The summed E-state index contributed by atoms with van der Waals surface area (Å²) in [4.78, 5) is 0. The van der Waals surface area contributed by atoms with Gasteiger partial charge in [-0.2, -0.15) is 0 Å². The number of hydrogen-bond donors (Lipinski definition) is 2. The molecule has 0 aliphatic heterocycles. The highest BCUT2D eigenvalue weighted by Gasteiger charge is 2.02. The molecule has 0 radical (unpaired) electrons. The van der Waals surface area contributed by atoms with Gasteiger partial charge in [-0.3, -0.25) is 0 Å². The second-order valence-electron chi connectivity index (χ2n) is 3.85. The van der Waals surface area contributed by atoms with Crippen LogP contribution in [0.3, 0.4) is 0 Å². The molecule has 1 aromatic carbocycles. The smallest absolute Gasteiger partial charge is 0.120 e. The van der Waals surface area contributed by atoms with E-state index >= 15 is 0 Å². The van der Waals surface area contributed by atoms with Crippen molar-refractivity contribution in [3.8, 4) is 5.75 Å². The van der Waals surface area contributed by atoms with E-state index in [9.17, 15) is 5.11 Å². The van der Waals surface area contributed by atoms with Crippen molar-refractivity contribution >= 4 is 0 Å². The number of phenols is 1. The van der Waals surface area contributed by atoms with Crippen LogP contribution in [-0.4, -0.2) is 18.3 Å². The number of aromatic hydroxyl groups is 1. The molecule has 0 aliphatic rings. The molecule has 3 nitrogen and oxygen atoms in total. The lowest BCUT2D eigenvalue weighted by atomic mass is 10.1. The molecule has 0 unspecified atom stereocenters. The van der Waals surface area contributed by atoms with Crippen LogP contribution in [0.2, 0.25) is 0 Å². The number of hydrogen-bond acceptors (Lipinski definition) is 3. The molecule has 0 aromatic heterocycles. The van der Waals surface area contributed by atoms with Crippen molar-refractivity contribution in [3.05, 3.63) is 29.3 Å². The highest BCUT2D eigenvalue weighted by Crippen LogP contribution is 2.19. The molecule has 0 saturated heterocycles. The number of nitrogens with one attached hydrogen (secondary N) is 1. The number of ether oxygens (including phenoxy) is 1. The Kier molecular flexibility index (Phi) is 4.59. The Morgan fingerprint density at radius 1 is 1.40 bits per heavy atom. The van der Waals surface area contributed by atoms with Gasteiger partial charge in [0.2, 0.25) is 0 Å². The molecule has 0 bridgehead atoms. The van der Waals surface area contributed by atoms with Gasteiger partial charge in [0.05, 0.1) is 12.7 Å². The molecular formula is C12H19NO2. The minimum atomic E-state index is 0.212. The summed E-state index contributed by atoms with van der Waals surface area (Å²) >= 11 is 0. The third-order valence-electron chi connectivity index (χ3n) is 2.10. The standard InChI is InChI=1S/C12H19NO2/c1-9(2)15-8-10-4-5-11(7-13-3)12(14)6-10/h4-6,9,13-14H,7-8H2,1-3H3. The molecule has 84 valence electrons. The first-order chi connectivity index (χ1) is 7.13. The van der Waals surface area contributed by atoms with Crippen molar-refractivity contribution in [2.24, 2.45) is 0 Å². The average molecular weight is 209 g/mol. The molecule has 1 rings (SSSR count). The van der Waals surface area contributed by atoms with Crippen LogP contribution in [0.4, 0.5) is 0 Å². The fourth-order valence-electron chi connectivity index (χ4n) is 1.30. The number of benzene rings is 1. The number of phenolic OH excluding ortho intramolecular Hbond substituents is 1. The third kappa shape index (κ3) is 3.90. The summed E-state index contributed by atoms with van der Waals surface area (Å²) in [6.45, 7) is 5.21. The van der Waals surface area contributed by atoms with Crippen molar-refractivity contribution in [2.45, 2.75) is 33.1 Å². The van der Waals surface area contributed by atoms with Gasteiger partial charge in [-0.1, -0.05) is 12.1 Å². The molecule has 1 aromatic rings. The molecule has 15 heavy (non-hydrogen) atoms. The minimum absolute atomic E-state index is 0.212. The van der Waals surface area contributed by atoms with E-state index in [-0.39, 0.29) is 6.10 Å². The van der Waals surface area contributed by atoms with Crippen molar-refractivity contribution in [2.75, 3.05) is 7.05 Å². The summed E-state index contributed by atoms with van der Waals surface area (Å²) in [6, 6.07) is 5.66. The lowest BCUT2D eigenvalue weighted by Crippen LogP contribution is -2.06. The van der Waals surface area contributed by atoms with Crippen LogP contribution >= 0.6 is 0 Å². The van der Waals surface area contributed by atoms with Gasteiger partial charge < -0.3 is 15.2 Å². The largest absolute Gasteiger partial charge is 0.508 e. The molecule has 0 fully saturated rings. The van der Waals surface area contributed by atoms with Crippen LogP contribution in [0.1, 0.15) is 25.0 Å². The molecule has 3 heteroatoms. The Morgan fingerprint density at radius 2 is 2.13 bits per heavy atom. The minimum Gasteiger partial charge on any atom is -0.508 e. The van der Waals surface area contributed by atoms with Crippen molar-refractivity contribution in [3.63, 3.8) is 0 Å². The second-order valence-corrected chi connectivity index (χ2v) is 3.85. The Morgan fingerprint density at radius 3 is 2.67 bits per heavy atom. The number of rotatable bonds is 5. The molecule has 0 atom stereocenters. The van der Waals surface area contributed by atoms with Crippen LogP contribution in [0, 0.1) is 0 Å². The first-order valence-corrected chi connectivity index (χ1v) is 5.20. The van der Waals surface area contributed by atoms with E-state index in [0.29, 0.717) is 18.9 Å². The van der Waals surface area contributed by atoms with Crippen molar-refractivity contribution in [1.82, 2.24) is 5.32 Å². The molecular weight excluding hydrogens is 190 g/mol. The Hall–Kier alpha value is -1.06. The van der Waals surface area contributed by atoms with Gasteiger partial charge in [0.15, 0.2) is 0 Å². The van der Waals surface area contributed by atoms with Crippen LogP contribution in [0.5, 0.6) is 5.75 Å². The molecule has 0 saturated carbocycles. The highest BCUT2D eigenvalue weighted by molar-refractivity contribution is 5.36. The van der Waals surface area contributed by atoms with Gasteiger partial charge in [-0.05, 0) is 32.5 Å². The van der Waals surface area contributed by atoms with Gasteiger partial charge in [-0.25, -0.2) is 0 Å². The van der Waals surface area contributed by atoms with E-state index < -0.39 is 0 Å². The van der Waals surface area contributed by atoms with E-state index in [1.165, 1.54) is 0 Å². The molecule has 2 N–H and O–H groups in total. The van der Waals surface area contributed by atoms with E-state index in [2.05, 4.69) is 5.32 Å². The zero-order valence-electron chi connectivity index (χ0n) is 9.58. The quantitative estimate of drug-likeness (QED) is 0.779. The zero-order valence-corrected chi connectivity index (χ0v) is 9.58. The van der Waals surface area contributed by atoms with Gasteiger partial charge in [0, 0.05) is 12.1 Å². The lowest BCUT2D eigenvalue weighted by Gasteiger charge is -2.09. The van der Waals surface area contributed by atoms with Crippen LogP contribution < -0.4 is 5.32 Å². The summed E-state index contributed by atoms with van der Waals surface area (Å²) in [7, 11) is 1.86. The average Bonchev–Trinajstić information content (AvgIpc) is 2.19. The van der Waals surface area contributed by atoms with Crippen LogP contribution in [0.15, 0.2) is 18.2 Å². The predicted molar refractivity (Wildman–Crippen MR) is 60.8 cm³/mol. The van der Waals surface area contributed by atoms with Crippen LogP contribution in [-0.2, 0) is 17.9 Å². The summed E-state index contributed by atoms with van der Waals surface area (Å²) in [5.74, 6) is 0.328. The third-order valence-corrected chi connectivity index (χ3v) is 2.10. The second kappa shape index (κ2) is 5.73. The van der Waals surface area contributed by atoms with Gasteiger partial charge in [0.25, 0.3) is 0 Å². The van der Waals surface area contributed by atoms with E-state index in [0.717, 1.165) is 11.1 Å².